The number of likely N-dealkylation sites (tertiary alicyclic amines) is 1. The Morgan fingerprint density at radius 2 is 1.81 bits per heavy atom. The number of halogens is 2. The van der Waals surface area contributed by atoms with Gasteiger partial charge in [-0.15, -0.1) is 0 Å². The topological polar surface area (TPSA) is 62.5 Å². The molecule has 0 radical (unpaired) electrons. The first-order chi connectivity index (χ1) is 15.6. The summed E-state index contributed by atoms with van der Waals surface area (Å²) in [6, 6.07) is 15.8. The summed E-state index contributed by atoms with van der Waals surface area (Å²) in [5.74, 6) is 0.495. The molecule has 4 aromatic rings. The van der Waals surface area contributed by atoms with Gasteiger partial charge in [0.1, 0.15) is 17.2 Å². The molecule has 0 atom stereocenters. The van der Waals surface area contributed by atoms with Crippen molar-refractivity contribution in [1.82, 2.24) is 19.5 Å². The number of hydrogen-bond donors (Lipinski definition) is 1. The number of carbonyl (C=O) groups excluding carboxylic acids is 1. The quantitative estimate of drug-likeness (QED) is 0.460. The molecule has 1 aliphatic rings. The van der Waals surface area contributed by atoms with Gasteiger partial charge in [-0.3, -0.25) is 4.79 Å². The minimum absolute atomic E-state index is 0.109. The van der Waals surface area contributed by atoms with Crippen molar-refractivity contribution in [1.29, 1.82) is 0 Å². The van der Waals surface area contributed by atoms with Gasteiger partial charge >= 0.3 is 0 Å². The zero-order chi connectivity index (χ0) is 22.1. The van der Waals surface area contributed by atoms with Gasteiger partial charge in [-0.1, -0.05) is 35.9 Å². The van der Waals surface area contributed by atoms with E-state index in [2.05, 4.69) is 15.4 Å². The van der Waals surface area contributed by atoms with Gasteiger partial charge in [0.15, 0.2) is 5.65 Å². The molecule has 3 heterocycles. The second-order valence-electron chi connectivity index (χ2n) is 7.84. The summed E-state index contributed by atoms with van der Waals surface area (Å²) in [5, 5.41) is 8.16. The molecule has 32 heavy (non-hydrogen) atoms. The van der Waals surface area contributed by atoms with Gasteiger partial charge in [-0.2, -0.15) is 9.61 Å². The first-order valence-electron chi connectivity index (χ1n) is 10.5. The van der Waals surface area contributed by atoms with Crippen LogP contribution in [-0.2, 0) is 0 Å². The van der Waals surface area contributed by atoms with Crippen molar-refractivity contribution in [2.75, 3.05) is 18.4 Å². The average Bonchev–Trinajstić information content (AvgIpc) is 3.30. The van der Waals surface area contributed by atoms with Crippen LogP contribution in [0.3, 0.4) is 0 Å². The largest absolute Gasteiger partial charge is 0.338 e. The van der Waals surface area contributed by atoms with Gasteiger partial charge in [-0.25, -0.2) is 9.37 Å². The Hall–Kier alpha value is -3.45. The maximum Gasteiger partial charge on any atom is 0.259 e. The SMILES string of the molecule is O=C(c1cnc2ccnn2c1Nc1ccccc1Cl)N1CCC(c2ccc(F)cc2)CC1. The summed E-state index contributed by atoms with van der Waals surface area (Å²) in [6.45, 7) is 1.23. The Balaban J connectivity index is 1.40. The summed E-state index contributed by atoms with van der Waals surface area (Å²) in [5.41, 5.74) is 2.85. The van der Waals surface area contributed by atoms with E-state index in [1.54, 1.807) is 29.0 Å². The van der Waals surface area contributed by atoms with Crippen LogP contribution in [-0.4, -0.2) is 38.5 Å². The average molecular weight is 450 g/mol. The van der Waals surface area contributed by atoms with E-state index in [1.165, 1.54) is 12.1 Å². The predicted molar refractivity (Wildman–Crippen MR) is 122 cm³/mol. The van der Waals surface area contributed by atoms with Gasteiger partial charge in [-0.05, 0) is 48.6 Å². The first-order valence-corrected chi connectivity index (χ1v) is 10.9. The van der Waals surface area contributed by atoms with Gasteiger partial charge in [0.25, 0.3) is 5.91 Å². The molecule has 1 aliphatic heterocycles. The van der Waals surface area contributed by atoms with Crippen LogP contribution in [0.2, 0.25) is 5.02 Å². The fourth-order valence-corrected chi connectivity index (χ4v) is 4.34. The fraction of sp³-hybridized carbons (Fsp3) is 0.208. The highest BCUT2D eigenvalue weighted by Crippen LogP contribution is 2.31. The molecule has 0 unspecified atom stereocenters. The number of amides is 1. The number of aromatic nitrogens is 3. The van der Waals surface area contributed by atoms with E-state index in [9.17, 15) is 9.18 Å². The Morgan fingerprint density at radius 1 is 1.06 bits per heavy atom. The summed E-state index contributed by atoms with van der Waals surface area (Å²) in [4.78, 5) is 19.7. The third kappa shape index (κ3) is 3.91. The molecule has 0 spiro atoms. The molecule has 1 fully saturated rings. The maximum absolute atomic E-state index is 13.5. The Bertz CT molecular complexity index is 1270. The number of benzene rings is 2. The minimum Gasteiger partial charge on any atom is -0.338 e. The van der Waals surface area contributed by atoms with Crippen LogP contribution in [0.1, 0.15) is 34.7 Å². The van der Waals surface area contributed by atoms with E-state index in [1.807, 2.05) is 35.2 Å². The lowest BCUT2D eigenvalue weighted by Gasteiger charge is -2.32. The summed E-state index contributed by atoms with van der Waals surface area (Å²) >= 11 is 6.34. The number of hydrogen-bond acceptors (Lipinski definition) is 4. The van der Waals surface area contributed by atoms with Crippen LogP contribution in [0.5, 0.6) is 0 Å². The highest BCUT2D eigenvalue weighted by atomic mass is 35.5. The summed E-state index contributed by atoms with van der Waals surface area (Å²) in [6.07, 6.45) is 4.87. The summed E-state index contributed by atoms with van der Waals surface area (Å²) < 4.78 is 14.8. The smallest absolute Gasteiger partial charge is 0.259 e. The lowest BCUT2D eigenvalue weighted by Crippen LogP contribution is -2.38. The number of nitrogens with zero attached hydrogens (tertiary/aromatic N) is 4. The van der Waals surface area contributed by atoms with E-state index in [0.29, 0.717) is 46.7 Å². The normalized spacial score (nSPS) is 14.6. The molecule has 2 aromatic heterocycles. The van der Waals surface area contributed by atoms with Crippen LogP contribution in [0, 0.1) is 5.82 Å². The number of anilines is 2. The molecular weight excluding hydrogens is 429 g/mol. The van der Waals surface area contributed by atoms with Crippen molar-refractivity contribution < 1.29 is 9.18 Å². The van der Waals surface area contributed by atoms with E-state index in [-0.39, 0.29) is 11.7 Å². The van der Waals surface area contributed by atoms with Crippen molar-refractivity contribution in [3.8, 4) is 0 Å². The fourth-order valence-electron chi connectivity index (χ4n) is 4.16. The van der Waals surface area contributed by atoms with E-state index < -0.39 is 0 Å². The highest BCUT2D eigenvalue weighted by molar-refractivity contribution is 6.33. The van der Waals surface area contributed by atoms with Crippen molar-refractivity contribution in [2.24, 2.45) is 0 Å². The van der Waals surface area contributed by atoms with Crippen LogP contribution in [0.25, 0.3) is 5.65 Å². The molecule has 1 N–H and O–H groups in total. The van der Waals surface area contributed by atoms with Crippen molar-refractivity contribution >= 4 is 34.7 Å². The number of nitrogens with one attached hydrogen (secondary N) is 1. The lowest BCUT2D eigenvalue weighted by molar-refractivity contribution is 0.0713. The number of fused-ring (bicyclic) bond motifs is 1. The zero-order valence-corrected chi connectivity index (χ0v) is 18.0. The zero-order valence-electron chi connectivity index (χ0n) is 17.2. The molecule has 0 saturated carbocycles. The van der Waals surface area contributed by atoms with Crippen molar-refractivity contribution in [2.45, 2.75) is 18.8 Å². The molecule has 8 heteroatoms. The van der Waals surface area contributed by atoms with Crippen molar-refractivity contribution in [3.63, 3.8) is 0 Å². The molecular formula is C24H21ClFN5O. The molecule has 5 rings (SSSR count). The van der Waals surface area contributed by atoms with Gasteiger partial charge in [0.05, 0.1) is 16.9 Å². The Morgan fingerprint density at radius 3 is 2.56 bits per heavy atom. The molecule has 0 bridgehead atoms. The van der Waals surface area contributed by atoms with Crippen LogP contribution in [0.4, 0.5) is 15.9 Å². The first kappa shape index (κ1) is 20.5. The molecule has 2 aromatic carbocycles. The monoisotopic (exact) mass is 449 g/mol. The summed E-state index contributed by atoms with van der Waals surface area (Å²) in [7, 11) is 0. The van der Waals surface area contributed by atoms with Crippen LogP contribution < -0.4 is 5.32 Å². The highest BCUT2D eigenvalue weighted by Gasteiger charge is 2.27. The Labute approximate surface area is 189 Å². The van der Waals surface area contributed by atoms with E-state index in [0.717, 1.165) is 18.4 Å². The molecule has 0 aliphatic carbocycles. The van der Waals surface area contributed by atoms with Crippen molar-refractivity contribution in [3.05, 3.63) is 89.0 Å². The Kier molecular flexibility index (Phi) is 5.49. The molecule has 6 nitrogen and oxygen atoms in total. The van der Waals surface area contributed by atoms with Crippen LogP contribution >= 0.6 is 11.6 Å². The van der Waals surface area contributed by atoms with Crippen LogP contribution in [0.15, 0.2) is 67.0 Å². The maximum atomic E-state index is 13.5. The lowest BCUT2D eigenvalue weighted by atomic mass is 9.89. The van der Waals surface area contributed by atoms with Gasteiger partial charge < -0.3 is 10.2 Å². The third-order valence-electron chi connectivity index (χ3n) is 5.90. The number of carbonyl (C=O) groups is 1. The second kappa shape index (κ2) is 8.59. The standard InChI is InChI=1S/C24H21ClFN5O/c25-20-3-1-2-4-21(20)29-23-19(15-27-22-9-12-28-31(22)23)24(32)30-13-10-17(11-14-30)16-5-7-18(26)8-6-16/h1-9,12,15,17,29H,10-11,13-14H2. The van der Waals surface area contributed by atoms with E-state index >= 15 is 0 Å². The third-order valence-corrected chi connectivity index (χ3v) is 6.23. The molecule has 1 amide bonds. The number of rotatable bonds is 4. The van der Waals surface area contributed by atoms with Gasteiger partial charge in [0, 0.05) is 25.4 Å². The minimum atomic E-state index is -0.235. The number of piperidine rings is 1. The van der Waals surface area contributed by atoms with Gasteiger partial charge in [0.2, 0.25) is 0 Å². The van der Waals surface area contributed by atoms with E-state index in [4.69, 9.17) is 11.6 Å². The number of para-hydroxylation sites is 1. The predicted octanol–water partition coefficient (Wildman–Crippen LogP) is 5.29. The molecule has 162 valence electrons. The second-order valence-corrected chi connectivity index (χ2v) is 8.25. The molecule has 1 saturated heterocycles.